The summed E-state index contributed by atoms with van der Waals surface area (Å²) >= 11 is 0. The van der Waals surface area contributed by atoms with E-state index in [1.54, 1.807) is 6.07 Å². The molecule has 0 fully saturated rings. The highest BCUT2D eigenvalue weighted by Gasteiger charge is 2.29. The molecule has 0 spiro atoms. The van der Waals surface area contributed by atoms with Crippen molar-refractivity contribution in [1.29, 1.82) is 0 Å². The van der Waals surface area contributed by atoms with Gasteiger partial charge in [-0.15, -0.1) is 0 Å². The van der Waals surface area contributed by atoms with Crippen LogP contribution in [0.4, 0.5) is 5.69 Å². The Kier molecular flexibility index (Phi) is 6.67. The summed E-state index contributed by atoms with van der Waals surface area (Å²) in [6.07, 6.45) is 1.66. The molecule has 0 aliphatic heterocycles. The Morgan fingerprint density at radius 2 is 1.77 bits per heavy atom. The van der Waals surface area contributed by atoms with Crippen molar-refractivity contribution in [3.05, 3.63) is 42.5 Å². The van der Waals surface area contributed by atoms with E-state index >= 15 is 0 Å². The smallest absolute Gasteiger partial charge is 0.246 e. The van der Waals surface area contributed by atoms with Crippen LogP contribution in [0.25, 0.3) is 11.1 Å². The van der Waals surface area contributed by atoms with Gasteiger partial charge in [0.15, 0.2) is 5.75 Å². The van der Waals surface area contributed by atoms with Crippen molar-refractivity contribution in [2.75, 3.05) is 18.8 Å². The zero-order valence-electron chi connectivity index (χ0n) is 15.6. The molecule has 0 aliphatic rings. The highest BCUT2D eigenvalue weighted by molar-refractivity contribution is 7.89. The van der Waals surface area contributed by atoms with Gasteiger partial charge in [0.2, 0.25) is 10.0 Å². The number of hydrogen-bond acceptors (Lipinski definition) is 4. The Bertz CT molecular complexity index is 834. The molecule has 0 aliphatic carbocycles. The minimum atomic E-state index is -3.82. The summed E-state index contributed by atoms with van der Waals surface area (Å²) in [4.78, 5) is -0.133. The van der Waals surface area contributed by atoms with Gasteiger partial charge < -0.3 is 10.8 Å². The SMILES string of the molecule is CCCCN(CC(C)C)S(=O)(=O)c1ccc(-c2ccccc2)c(N)c1O. The normalized spacial score (nSPS) is 12.0. The van der Waals surface area contributed by atoms with Crippen molar-refractivity contribution in [2.24, 2.45) is 5.92 Å². The fraction of sp³-hybridized carbons (Fsp3) is 0.400. The third-order valence-corrected chi connectivity index (χ3v) is 6.11. The molecule has 6 heteroatoms. The number of aromatic hydroxyl groups is 1. The van der Waals surface area contributed by atoms with Gasteiger partial charge in [-0.1, -0.05) is 63.6 Å². The molecule has 5 nitrogen and oxygen atoms in total. The number of nitrogen functional groups attached to an aromatic ring is 1. The van der Waals surface area contributed by atoms with Crippen LogP contribution in [-0.2, 0) is 10.0 Å². The lowest BCUT2D eigenvalue weighted by Gasteiger charge is -2.25. The fourth-order valence-corrected chi connectivity index (χ4v) is 4.59. The molecule has 2 aromatic rings. The van der Waals surface area contributed by atoms with Crippen molar-refractivity contribution in [2.45, 2.75) is 38.5 Å². The first kappa shape index (κ1) is 20.3. The van der Waals surface area contributed by atoms with Gasteiger partial charge in [0.25, 0.3) is 0 Å². The maximum atomic E-state index is 13.1. The van der Waals surface area contributed by atoms with Crippen LogP contribution in [0.3, 0.4) is 0 Å². The highest BCUT2D eigenvalue weighted by Crippen LogP contribution is 2.38. The summed E-state index contributed by atoms with van der Waals surface area (Å²) < 4.78 is 27.7. The van der Waals surface area contributed by atoms with E-state index < -0.39 is 10.0 Å². The molecule has 0 atom stereocenters. The molecule has 0 aromatic heterocycles. The molecule has 0 amide bonds. The Labute approximate surface area is 156 Å². The number of sulfonamides is 1. The van der Waals surface area contributed by atoms with Crippen molar-refractivity contribution in [3.8, 4) is 16.9 Å². The van der Waals surface area contributed by atoms with E-state index in [1.807, 2.05) is 51.1 Å². The van der Waals surface area contributed by atoms with Crippen LogP contribution in [-0.4, -0.2) is 30.9 Å². The molecule has 0 saturated heterocycles. The minimum absolute atomic E-state index is 0.0808. The van der Waals surface area contributed by atoms with Crippen LogP contribution >= 0.6 is 0 Å². The second-order valence-electron chi connectivity index (χ2n) is 6.85. The Balaban J connectivity index is 2.47. The number of nitrogens with zero attached hydrogens (tertiary/aromatic N) is 1. The third kappa shape index (κ3) is 4.37. The Morgan fingerprint density at radius 1 is 1.12 bits per heavy atom. The van der Waals surface area contributed by atoms with E-state index in [9.17, 15) is 13.5 Å². The van der Waals surface area contributed by atoms with Gasteiger partial charge in [-0.05, 0) is 24.0 Å². The first-order valence-electron chi connectivity index (χ1n) is 8.96. The average Bonchev–Trinajstić information content (AvgIpc) is 2.61. The maximum absolute atomic E-state index is 13.1. The van der Waals surface area contributed by atoms with Crippen molar-refractivity contribution in [1.82, 2.24) is 4.31 Å². The van der Waals surface area contributed by atoms with E-state index in [2.05, 4.69) is 0 Å². The van der Waals surface area contributed by atoms with Crippen LogP contribution in [0.15, 0.2) is 47.4 Å². The lowest BCUT2D eigenvalue weighted by Crippen LogP contribution is -2.35. The van der Waals surface area contributed by atoms with E-state index in [-0.39, 0.29) is 22.3 Å². The molecular weight excluding hydrogens is 348 g/mol. The van der Waals surface area contributed by atoms with E-state index in [4.69, 9.17) is 5.73 Å². The standard InChI is InChI=1S/C20H28N2O3S/c1-4-5-13-22(14-15(2)3)26(24,25)18-12-11-17(19(21)20(18)23)16-9-7-6-8-10-16/h6-12,15,23H,4-5,13-14,21H2,1-3H3. The predicted octanol–water partition coefficient (Wildman–Crippen LogP) is 4.09. The first-order chi connectivity index (χ1) is 12.3. The lowest BCUT2D eigenvalue weighted by atomic mass is 10.0. The van der Waals surface area contributed by atoms with Crippen molar-refractivity contribution >= 4 is 15.7 Å². The maximum Gasteiger partial charge on any atom is 0.246 e. The van der Waals surface area contributed by atoms with Crippen LogP contribution in [0.2, 0.25) is 0 Å². The second-order valence-corrected chi connectivity index (χ2v) is 8.76. The lowest BCUT2D eigenvalue weighted by molar-refractivity contribution is 0.359. The molecule has 0 heterocycles. The van der Waals surface area contributed by atoms with E-state index in [1.165, 1.54) is 10.4 Å². The summed E-state index contributed by atoms with van der Waals surface area (Å²) in [5, 5.41) is 10.6. The number of phenols is 1. The first-order valence-corrected chi connectivity index (χ1v) is 10.4. The zero-order valence-corrected chi connectivity index (χ0v) is 16.5. The van der Waals surface area contributed by atoms with Crippen LogP contribution in [0.1, 0.15) is 33.6 Å². The number of anilines is 1. The number of nitrogens with two attached hydrogens (primary N) is 1. The van der Waals surface area contributed by atoms with Crippen molar-refractivity contribution in [3.63, 3.8) is 0 Å². The van der Waals surface area contributed by atoms with Gasteiger partial charge >= 0.3 is 0 Å². The Hall–Kier alpha value is -2.05. The van der Waals surface area contributed by atoms with Gasteiger partial charge in [-0.2, -0.15) is 4.31 Å². The third-order valence-electron chi connectivity index (χ3n) is 4.21. The van der Waals surface area contributed by atoms with Gasteiger partial charge in [-0.25, -0.2) is 8.42 Å². The van der Waals surface area contributed by atoms with Crippen molar-refractivity contribution < 1.29 is 13.5 Å². The molecule has 3 N–H and O–H groups in total. The van der Waals surface area contributed by atoms with E-state index in [0.717, 1.165) is 18.4 Å². The molecule has 2 aromatic carbocycles. The summed E-state index contributed by atoms with van der Waals surface area (Å²) in [6, 6.07) is 12.5. The zero-order chi connectivity index (χ0) is 19.3. The van der Waals surface area contributed by atoms with Crippen LogP contribution in [0, 0.1) is 5.92 Å². The molecule has 0 bridgehead atoms. The average molecular weight is 377 g/mol. The van der Waals surface area contributed by atoms with Crippen LogP contribution in [0.5, 0.6) is 5.75 Å². The van der Waals surface area contributed by atoms with Gasteiger partial charge in [0.1, 0.15) is 4.90 Å². The molecular formula is C20H28N2O3S. The van der Waals surface area contributed by atoms with Crippen LogP contribution < -0.4 is 5.73 Å². The summed E-state index contributed by atoms with van der Waals surface area (Å²) in [5.41, 5.74) is 7.61. The summed E-state index contributed by atoms with van der Waals surface area (Å²) in [6.45, 7) is 6.80. The molecule has 0 unspecified atom stereocenters. The monoisotopic (exact) mass is 376 g/mol. The van der Waals surface area contributed by atoms with Gasteiger partial charge in [-0.3, -0.25) is 0 Å². The van der Waals surface area contributed by atoms with E-state index in [0.29, 0.717) is 18.7 Å². The molecule has 142 valence electrons. The number of unbranched alkanes of at least 4 members (excludes halogenated alkanes) is 1. The van der Waals surface area contributed by atoms with Gasteiger partial charge in [0.05, 0.1) is 5.69 Å². The summed E-state index contributed by atoms with van der Waals surface area (Å²) in [7, 11) is -3.82. The highest BCUT2D eigenvalue weighted by atomic mass is 32.2. The molecule has 2 rings (SSSR count). The Morgan fingerprint density at radius 3 is 2.35 bits per heavy atom. The quantitative estimate of drug-likeness (QED) is 0.537. The fourth-order valence-electron chi connectivity index (χ4n) is 2.86. The molecule has 0 radical (unpaired) electrons. The molecule has 26 heavy (non-hydrogen) atoms. The number of hydrogen-bond donors (Lipinski definition) is 2. The summed E-state index contributed by atoms with van der Waals surface area (Å²) in [5.74, 6) is -0.193. The largest absolute Gasteiger partial charge is 0.504 e. The minimum Gasteiger partial charge on any atom is -0.504 e. The molecule has 0 saturated carbocycles. The number of rotatable bonds is 8. The topological polar surface area (TPSA) is 83.6 Å². The second kappa shape index (κ2) is 8.56. The van der Waals surface area contributed by atoms with Gasteiger partial charge in [0, 0.05) is 18.7 Å². The number of phenolic OH excluding ortho intramolecular Hbond substituents is 1. The predicted molar refractivity (Wildman–Crippen MR) is 106 cm³/mol. The number of benzene rings is 2.